The number of fused-ring (bicyclic) bond motifs is 1. The molecule has 57 heavy (non-hydrogen) atoms. The fraction of sp³-hybridized carbons (Fsp3) is 0.333. The Bertz CT molecular complexity index is 2110. The Balaban J connectivity index is 1.06. The maximum absolute atomic E-state index is 13.9. The molecule has 294 valence electrons. The van der Waals surface area contributed by atoms with Gasteiger partial charge in [-0.3, -0.25) is 9.69 Å². The van der Waals surface area contributed by atoms with Gasteiger partial charge in [-0.05, 0) is 66.1 Å². The highest BCUT2D eigenvalue weighted by Crippen LogP contribution is 2.36. The predicted molar refractivity (Wildman–Crippen MR) is 215 cm³/mol. The van der Waals surface area contributed by atoms with E-state index in [0.717, 1.165) is 33.8 Å². The van der Waals surface area contributed by atoms with Gasteiger partial charge < -0.3 is 39.0 Å². The van der Waals surface area contributed by atoms with Crippen LogP contribution < -0.4 is 29.5 Å². The molecule has 2 saturated heterocycles. The number of hydrogen-bond donors (Lipinski definition) is 1. The van der Waals surface area contributed by atoms with Crippen LogP contribution in [0.3, 0.4) is 0 Å². The molecule has 5 aromatic rings. The average Bonchev–Trinajstić information content (AvgIpc) is 3.71. The van der Waals surface area contributed by atoms with Crippen molar-refractivity contribution in [2.24, 2.45) is 0 Å². The maximum atomic E-state index is 13.9. The fourth-order valence-corrected chi connectivity index (χ4v) is 7.13. The van der Waals surface area contributed by atoms with Crippen LogP contribution >= 0.6 is 0 Å². The average molecular weight is 772 g/mol. The fourth-order valence-electron chi connectivity index (χ4n) is 7.13. The topological polar surface area (TPSA) is 148 Å². The molecule has 2 fully saturated rings. The number of amides is 3. The van der Waals surface area contributed by atoms with Gasteiger partial charge in [0.15, 0.2) is 0 Å². The van der Waals surface area contributed by atoms with Gasteiger partial charge in [-0.2, -0.15) is 4.98 Å². The summed E-state index contributed by atoms with van der Waals surface area (Å²) in [5.74, 6) is 3.15. The van der Waals surface area contributed by atoms with E-state index in [4.69, 9.17) is 38.9 Å². The van der Waals surface area contributed by atoms with E-state index in [0.29, 0.717) is 113 Å². The van der Waals surface area contributed by atoms with E-state index in [2.05, 4.69) is 15.1 Å². The number of ether oxygens (including phenoxy) is 4. The van der Waals surface area contributed by atoms with E-state index >= 15 is 0 Å². The minimum atomic E-state index is -0.321. The summed E-state index contributed by atoms with van der Waals surface area (Å²) in [4.78, 5) is 54.2. The Labute approximate surface area is 331 Å². The van der Waals surface area contributed by atoms with Crippen LogP contribution in [0.2, 0.25) is 0 Å². The van der Waals surface area contributed by atoms with E-state index in [-0.39, 0.29) is 11.9 Å². The third-order valence-corrected chi connectivity index (χ3v) is 10.3. The smallest absolute Gasteiger partial charge is 0.327 e. The van der Waals surface area contributed by atoms with Gasteiger partial charge in [0.25, 0.3) is 5.91 Å². The Morgan fingerprint density at radius 1 is 0.737 bits per heavy atom. The lowest BCUT2D eigenvalue weighted by atomic mass is 10.1. The van der Waals surface area contributed by atoms with Crippen molar-refractivity contribution in [1.82, 2.24) is 24.8 Å². The SMILES string of the molecule is COc1ccc(CN(Cc2ccc(OC)cc2)c2ncc(-c3nc(N4CCOCC4)nc4c3CCN4C(=O)Nc3ccc(C(=O)N4CCOCC4)cc3)cn2)cc1. The van der Waals surface area contributed by atoms with Gasteiger partial charge >= 0.3 is 6.03 Å². The molecule has 8 rings (SSSR count). The Morgan fingerprint density at radius 2 is 1.32 bits per heavy atom. The second-order valence-electron chi connectivity index (χ2n) is 13.9. The Morgan fingerprint density at radius 3 is 1.89 bits per heavy atom. The second-order valence-corrected chi connectivity index (χ2v) is 13.9. The summed E-state index contributed by atoms with van der Waals surface area (Å²) in [6, 6.07) is 22.6. The molecule has 5 heterocycles. The highest BCUT2D eigenvalue weighted by molar-refractivity contribution is 6.03. The molecular weight excluding hydrogens is 727 g/mol. The van der Waals surface area contributed by atoms with Gasteiger partial charge in [0.1, 0.15) is 17.3 Å². The van der Waals surface area contributed by atoms with Crippen LogP contribution in [0.4, 0.5) is 28.2 Å². The molecule has 0 aliphatic carbocycles. The molecule has 3 amide bonds. The zero-order chi connectivity index (χ0) is 39.1. The van der Waals surface area contributed by atoms with Crippen LogP contribution in [-0.2, 0) is 29.0 Å². The third-order valence-electron chi connectivity index (χ3n) is 10.3. The van der Waals surface area contributed by atoms with Crippen LogP contribution in [0.15, 0.2) is 85.2 Å². The first-order valence-electron chi connectivity index (χ1n) is 19.1. The van der Waals surface area contributed by atoms with Crippen molar-refractivity contribution in [2.75, 3.05) is 93.4 Å². The standard InChI is InChI=1S/C42H45N9O6/c1-54-34-11-3-29(4-12-34)27-50(28-30-5-13-35(55-2)14-6-30)40-43-25-32(26-44-40)37-36-15-16-51(38(36)47-41(46-37)49-19-23-57-24-20-49)42(53)45-33-9-7-31(8-10-33)39(52)48-17-21-56-22-18-48/h3-14,25-26H,15-24,27-28H2,1-2H3,(H,45,53). The number of urea groups is 1. The first-order chi connectivity index (χ1) is 27.9. The van der Waals surface area contributed by atoms with Crippen LogP contribution in [0.25, 0.3) is 11.3 Å². The number of methoxy groups -OCH3 is 2. The van der Waals surface area contributed by atoms with Crippen LogP contribution in [0.5, 0.6) is 11.5 Å². The van der Waals surface area contributed by atoms with Crippen molar-refractivity contribution in [2.45, 2.75) is 19.5 Å². The number of hydrogen-bond acceptors (Lipinski definition) is 12. The number of nitrogens with zero attached hydrogens (tertiary/aromatic N) is 8. The second kappa shape index (κ2) is 17.2. The molecule has 3 aromatic carbocycles. The minimum Gasteiger partial charge on any atom is -0.497 e. The van der Waals surface area contributed by atoms with E-state index in [1.165, 1.54) is 0 Å². The number of nitrogens with one attached hydrogen (secondary N) is 1. The van der Waals surface area contributed by atoms with Gasteiger partial charge in [-0.25, -0.2) is 19.7 Å². The molecule has 0 atom stereocenters. The van der Waals surface area contributed by atoms with Crippen molar-refractivity contribution < 1.29 is 28.5 Å². The van der Waals surface area contributed by atoms with Crippen LogP contribution in [0, 0.1) is 0 Å². The summed E-state index contributed by atoms with van der Waals surface area (Å²) in [7, 11) is 3.31. The molecule has 1 N–H and O–H groups in total. The number of aromatic nitrogens is 4. The molecular formula is C42H45N9O6. The molecule has 15 heteroatoms. The van der Waals surface area contributed by atoms with E-state index in [1.54, 1.807) is 60.7 Å². The Kier molecular flexibility index (Phi) is 11.4. The van der Waals surface area contributed by atoms with Crippen molar-refractivity contribution in [3.8, 4) is 22.8 Å². The highest BCUT2D eigenvalue weighted by Gasteiger charge is 2.32. The van der Waals surface area contributed by atoms with Crippen molar-refractivity contribution in [3.63, 3.8) is 0 Å². The monoisotopic (exact) mass is 771 g/mol. The summed E-state index contributed by atoms with van der Waals surface area (Å²) in [6.45, 7) is 6.10. The highest BCUT2D eigenvalue weighted by atomic mass is 16.5. The minimum absolute atomic E-state index is 0.0521. The molecule has 2 aromatic heterocycles. The molecule has 0 spiro atoms. The van der Waals surface area contributed by atoms with E-state index in [9.17, 15) is 9.59 Å². The summed E-state index contributed by atoms with van der Waals surface area (Å²) < 4.78 is 21.7. The lowest BCUT2D eigenvalue weighted by Gasteiger charge is -2.28. The third kappa shape index (κ3) is 8.59. The zero-order valence-corrected chi connectivity index (χ0v) is 32.1. The largest absolute Gasteiger partial charge is 0.497 e. The van der Waals surface area contributed by atoms with Crippen molar-refractivity contribution in [1.29, 1.82) is 0 Å². The number of rotatable bonds is 11. The van der Waals surface area contributed by atoms with Crippen molar-refractivity contribution in [3.05, 3.63) is 107 Å². The van der Waals surface area contributed by atoms with Gasteiger partial charge in [-0.1, -0.05) is 24.3 Å². The number of carbonyl (C=O) groups excluding carboxylic acids is 2. The zero-order valence-electron chi connectivity index (χ0n) is 32.1. The molecule has 0 unspecified atom stereocenters. The molecule has 15 nitrogen and oxygen atoms in total. The first-order valence-corrected chi connectivity index (χ1v) is 19.1. The van der Waals surface area contributed by atoms with Crippen LogP contribution in [-0.4, -0.2) is 110 Å². The lowest BCUT2D eigenvalue weighted by molar-refractivity contribution is 0.0303. The molecule has 0 radical (unpaired) electrons. The quantitative estimate of drug-likeness (QED) is 0.192. The molecule has 0 saturated carbocycles. The summed E-state index contributed by atoms with van der Waals surface area (Å²) in [5.41, 5.74) is 5.56. The molecule has 3 aliphatic rings. The predicted octanol–water partition coefficient (Wildman–Crippen LogP) is 5.06. The van der Waals surface area contributed by atoms with Gasteiger partial charge in [0.05, 0.1) is 46.3 Å². The first kappa shape index (κ1) is 37.6. The van der Waals surface area contributed by atoms with Gasteiger partial charge in [-0.15, -0.1) is 0 Å². The van der Waals surface area contributed by atoms with E-state index in [1.807, 2.05) is 48.5 Å². The number of benzene rings is 3. The van der Waals surface area contributed by atoms with Crippen molar-refractivity contribution >= 4 is 35.3 Å². The Hall–Kier alpha value is -6.32. The number of carbonyl (C=O) groups is 2. The summed E-state index contributed by atoms with van der Waals surface area (Å²) in [5, 5.41) is 3.01. The maximum Gasteiger partial charge on any atom is 0.327 e. The summed E-state index contributed by atoms with van der Waals surface area (Å²) in [6.07, 6.45) is 4.15. The van der Waals surface area contributed by atoms with Gasteiger partial charge in [0, 0.05) is 80.6 Å². The normalized spacial score (nSPS) is 15.2. The summed E-state index contributed by atoms with van der Waals surface area (Å²) >= 11 is 0. The lowest BCUT2D eigenvalue weighted by Crippen LogP contribution is -2.40. The van der Waals surface area contributed by atoms with E-state index < -0.39 is 0 Å². The number of anilines is 4. The molecule has 0 bridgehead atoms. The van der Waals surface area contributed by atoms with Gasteiger partial charge in [0.2, 0.25) is 11.9 Å². The molecule has 3 aliphatic heterocycles. The van der Waals surface area contributed by atoms with Crippen LogP contribution in [0.1, 0.15) is 27.0 Å². The number of morpholine rings is 2.